The third-order valence-electron chi connectivity index (χ3n) is 3.01. The van der Waals surface area contributed by atoms with Crippen molar-refractivity contribution in [2.24, 2.45) is 0 Å². The number of carbonyl (C=O) groups excluding carboxylic acids is 1. The SMILES string of the molecule is O=C(COc1cccc(-n2cnnn2)c1)Nc1ccc(Cl)cc1F. The number of anilines is 1. The molecule has 7 nitrogen and oxygen atoms in total. The van der Waals surface area contributed by atoms with Crippen LogP contribution in [0.3, 0.4) is 0 Å². The molecule has 1 aromatic heterocycles. The lowest BCUT2D eigenvalue weighted by molar-refractivity contribution is -0.118. The predicted molar refractivity (Wildman–Crippen MR) is 84.7 cm³/mol. The van der Waals surface area contributed by atoms with E-state index in [4.69, 9.17) is 16.3 Å². The average molecular weight is 348 g/mol. The van der Waals surface area contributed by atoms with Crippen molar-refractivity contribution in [1.82, 2.24) is 20.2 Å². The largest absolute Gasteiger partial charge is 0.484 e. The number of hydrogen-bond acceptors (Lipinski definition) is 5. The summed E-state index contributed by atoms with van der Waals surface area (Å²) in [6, 6.07) is 10.9. The molecule has 122 valence electrons. The van der Waals surface area contributed by atoms with Crippen molar-refractivity contribution in [3.8, 4) is 11.4 Å². The van der Waals surface area contributed by atoms with Crippen LogP contribution in [0.15, 0.2) is 48.8 Å². The van der Waals surface area contributed by atoms with E-state index < -0.39 is 11.7 Å². The highest BCUT2D eigenvalue weighted by molar-refractivity contribution is 6.30. The quantitative estimate of drug-likeness (QED) is 0.766. The Balaban J connectivity index is 1.61. The molecule has 0 spiro atoms. The van der Waals surface area contributed by atoms with Crippen LogP contribution >= 0.6 is 11.6 Å². The molecule has 1 N–H and O–H groups in total. The predicted octanol–water partition coefficient (Wildman–Crippen LogP) is 2.47. The zero-order valence-corrected chi connectivity index (χ0v) is 12.9. The summed E-state index contributed by atoms with van der Waals surface area (Å²) in [5, 5.41) is 13.5. The summed E-state index contributed by atoms with van der Waals surface area (Å²) in [4.78, 5) is 11.9. The molecule has 3 aromatic rings. The van der Waals surface area contributed by atoms with Gasteiger partial charge in [0.2, 0.25) is 0 Å². The van der Waals surface area contributed by atoms with E-state index in [2.05, 4.69) is 20.8 Å². The van der Waals surface area contributed by atoms with Crippen LogP contribution in [-0.4, -0.2) is 32.7 Å². The Kier molecular flexibility index (Phi) is 4.66. The number of hydrogen-bond donors (Lipinski definition) is 1. The summed E-state index contributed by atoms with van der Waals surface area (Å²) < 4.78 is 20.5. The van der Waals surface area contributed by atoms with Crippen molar-refractivity contribution >= 4 is 23.2 Å². The number of benzene rings is 2. The van der Waals surface area contributed by atoms with E-state index in [1.54, 1.807) is 24.3 Å². The van der Waals surface area contributed by atoms with Gasteiger partial charge in [0, 0.05) is 11.1 Å². The minimum atomic E-state index is -0.614. The minimum Gasteiger partial charge on any atom is -0.484 e. The maximum absolute atomic E-state index is 13.6. The van der Waals surface area contributed by atoms with Crippen LogP contribution in [0.5, 0.6) is 5.75 Å². The summed E-state index contributed by atoms with van der Waals surface area (Å²) in [5.74, 6) is -0.657. The van der Waals surface area contributed by atoms with Gasteiger partial charge < -0.3 is 10.1 Å². The molecule has 1 amide bonds. The number of nitrogens with one attached hydrogen (secondary N) is 1. The van der Waals surface area contributed by atoms with Gasteiger partial charge in [-0.25, -0.2) is 9.07 Å². The first-order chi connectivity index (χ1) is 11.6. The van der Waals surface area contributed by atoms with E-state index in [9.17, 15) is 9.18 Å². The molecule has 9 heteroatoms. The molecule has 0 atom stereocenters. The first kappa shape index (κ1) is 15.9. The molecule has 2 aromatic carbocycles. The molecule has 0 radical (unpaired) electrons. The van der Waals surface area contributed by atoms with E-state index in [0.717, 1.165) is 6.07 Å². The Morgan fingerprint density at radius 1 is 1.29 bits per heavy atom. The van der Waals surface area contributed by atoms with Crippen LogP contribution in [-0.2, 0) is 4.79 Å². The molecule has 3 rings (SSSR count). The van der Waals surface area contributed by atoms with Crippen molar-refractivity contribution in [1.29, 1.82) is 0 Å². The number of tetrazole rings is 1. The normalized spacial score (nSPS) is 10.4. The van der Waals surface area contributed by atoms with Gasteiger partial charge in [0.25, 0.3) is 5.91 Å². The smallest absolute Gasteiger partial charge is 0.262 e. The molecule has 24 heavy (non-hydrogen) atoms. The first-order valence-electron chi connectivity index (χ1n) is 6.83. The van der Waals surface area contributed by atoms with Crippen molar-refractivity contribution < 1.29 is 13.9 Å². The number of amides is 1. The Hall–Kier alpha value is -3.00. The minimum absolute atomic E-state index is 0.0374. The number of halogens is 2. The van der Waals surface area contributed by atoms with Crippen molar-refractivity contribution in [2.75, 3.05) is 11.9 Å². The van der Waals surface area contributed by atoms with E-state index in [1.807, 2.05) is 0 Å². The molecule has 0 saturated carbocycles. The molecular weight excluding hydrogens is 337 g/mol. The van der Waals surface area contributed by atoms with Crippen LogP contribution in [0.4, 0.5) is 10.1 Å². The lowest BCUT2D eigenvalue weighted by Gasteiger charge is -2.09. The number of aromatic nitrogens is 4. The van der Waals surface area contributed by atoms with Crippen LogP contribution < -0.4 is 10.1 Å². The maximum Gasteiger partial charge on any atom is 0.262 e. The number of ether oxygens (including phenoxy) is 1. The summed E-state index contributed by atoms with van der Waals surface area (Å²) in [5.41, 5.74) is 0.720. The monoisotopic (exact) mass is 347 g/mol. The van der Waals surface area contributed by atoms with Crippen LogP contribution in [0, 0.1) is 5.82 Å². The van der Waals surface area contributed by atoms with Gasteiger partial charge in [0.05, 0.1) is 11.4 Å². The molecule has 0 aliphatic heterocycles. The van der Waals surface area contributed by atoms with E-state index in [1.165, 1.54) is 23.1 Å². The molecular formula is C15H11ClFN5O2. The van der Waals surface area contributed by atoms with Gasteiger partial charge in [-0.05, 0) is 40.8 Å². The fraction of sp³-hybridized carbons (Fsp3) is 0.0667. The van der Waals surface area contributed by atoms with Gasteiger partial charge in [-0.2, -0.15) is 0 Å². The molecule has 0 unspecified atom stereocenters. The molecule has 0 bridgehead atoms. The van der Waals surface area contributed by atoms with Gasteiger partial charge in [-0.15, -0.1) is 5.10 Å². The summed E-state index contributed by atoms with van der Waals surface area (Å²) >= 11 is 5.66. The maximum atomic E-state index is 13.6. The average Bonchev–Trinajstić information content (AvgIpc) is 3.10. The lowest BCUT2D eigenvalue weighted by atomic mass is 10.3. The fourth-order valence-electron chi connectivity index (χ4n) is 1.92. The summed E-state index contributed by atoms with van der Waals surface area (Å²) in [6.45, 7) is -0.277. The van der Waals surface area contributed by atoms with Gasteiger partial charge >= 0.3 is 0 Å². The zero-order valence-electron chi connectivity index (χ0n) is 12.2. The van der Waals surface area contributed by atoms with Gasteiger partial charge in [-0.3, -0.25) is 4.79 Å². The third-order valence-corrected chi connectivity index (χ3v) is 3.24. The Morgan fingerprint density at radius 2 is 2.17 bits per heavy atom. The van der Waals surface area contributed by atoms with Crippen LogP contribution in [0.25, 0.3) is 5.69 Å². The second-order valence-corrected chi connectivity index (χ2v) is 5.15. The first-order valence-corrected chi connectivity index (χ1v) is 7.21. The van der Waals surface area contributed by atoms with Crippen LogP contribution in [0.1, 0.15) is 0 Å². The molecule has 0 aliphatic carbocycles. The number of rotatable bonds is 5. The summed E-state index contributed by atoms with van der Waals surface area (Å²) in [6.07, 6.45) is 1.44. The van der Waals surface area contributed by atoms with Crippen molar-refractivity contribution in [2.45, 2.75) is 0 Å². The zero-order chi connectivity index (χ0) is 16.9. The standard InChI is InChI=1S/C15H11ClFN5O2/c16-10-4-5-14(13(17)6-10)19-15(23)8-24-12-3-1-2-11(7-12)22-9-18-20-21-22/h1-7,9H,8H2,(H,19,23). The molecule has 0 saturated heterocycles. The number of nitrogens with zero attached hydrogens (tertiary/aromatic N) is 4. The van der Waals surface area contributed by atoms with Crippen LogP contribution in [0.2, 0.25) is 5.02 Å². The van der Waals surface area contributed by atoms with E-state index >= 15 is 0 Å². The summed E-state index contributed by atoms with van der Waals surface area (Å²) in [7, 11) is 0. The fourth-order valence-corrected chi connectivity index (χ4v) is 2.08. The Labute approximate surface area is 141 Å². The second kappa shape index (κ2) is 7.05. The Bertz CT molecular complexity index is 857. The third kappa shape index (κ3) is 3.85. The highest BCUT2D eigenvalue weighted by atomic mass is 35.5. The topological polar surface area (TPSA) is 81.9 Å². The molecule has 0 aliphatic rings. The lowest BCUT2D eigenvalue weighted by Crippen LogP contribution is -2.20. The van der Waals surface area contributed by atoms with Gasteiger partial charge in [0.1, 0.15) is 17.9 Å². The number of carbonyl (C=O) groups is 1. The van der Waals surface area contributed by atoms with Crippen molar-refractivity contribution in [3.05, 3.63) is 59.6 Å². The van der Waals surface area contributed by atoms with E-state index in [-0.39, 0.29) is 17.3 Å². The second-order valence-electron chi connectivity index (χ2n) is 4.71. The highest BCUT2D eigenvalue weighted by Gasteiger charge is 2.09. The van der Waals surface area contributed by atoms with Gasteiger partial charge in [0.15, 0.2) is 6.61 Å². The molecule has 1 heterocycles. The Morgan fingerprint density at radius 3 is 2.92 bits per heavy atom. The van der Waals surface area contributed by atoms with Gasteiger partial charge in [-0.1, -0.05) is 17.7 Å². The molecule has 0 fully saturated rings. The van der Waals surface area contributed by atoms with Crippen molar-refractivity contribution in [3.63, 3.8) is 0 Å². The highest BCUT2D eigenvalue weighted by Crippen LogP contribution is 2.19. The van der Waals surface area contributed by atoms with E-state index in [0.29, 0.717) is 11.4 Å².